The molecule has 0 spiro atoms. The summed E-state index contributed by atoms with van der Waals surface area (Å²) in [5, 5.41) is 3.44. The summed E-state index contributed by atoms with van der Waals surface area (Å²) in [5.41, 5.74) is 0. The molecule has 0 bridgehead atoms. The van der Waals surface area contributed by atoms with Gasteiger partial charge in [0.1, 0.15) is 0 Å². The van der Waals surface area contributed by atoms with E-state index in [1.54, 1.807) is 0 Å². The van der Waals surface area contributed by atoms with Crippen LogP contribution in [0.3, 0.4) is 0 Å². The van der Waals surface area contributed by atoms with E-state index in [4.69, 9.17) is 0 Å². The summed E-state index contributed by atoms with van der Waals surface area (Å²) in [5.74, 6) is 1.03. The van der Waals surface area contributed by atoms with Crippen molar-refractivity contribution < 1.29 is 0 Å². The van der Waals surface area contributed by atoms with Crippen molar-refractivity contribution in [1.82, 2.24) is 10.2 Å². The smallest absolute Gasteiger partial charge is 0.0261 e. The maximum Gasteiger partial charge on any atom is 0.0261 e. The van der Waals surface area contributed by atoms with Gasteiger partial charge in [0.2, 0.25) is 0 Å². The third-order valence-electron chi connectivity index (χ3n) is 2.93. The molecule has 2 rings (SSSR count). The monoisotopic (exact) mass is 140 g/mol. The van der Waals surface area contributed by atoms with Crippen LogP contribution >= 0.6 is 0 Å². The molecule has 2 saturated heterocycles. The van der Waals surface area contributed by atoms with Gasteiger partial charge < -0.3 is 5.32 Å². The van der Waals surface area contributed by atoms with Crippen LogP contribution in [0, 0.1) is 5.92 Å². The summed E-state index contributed by atoms with van der Waals surface area (Å²) in [7, 11) is 0. The lowest BCUT2D eigenvalue weighted by molar-refractivity contribution is 0.000173. The standard InChI is InChI=1S/C8H16N2/c1-2-10-6-7-3-4-9-5-8(7)10/h7-9H,2-6H2,1H3/t7-,8-/m1/s1. The Kier molecular flexibility index (Phi) is 1.66. The molecule has 0 aromatic heterocycles. The quantitative estimate of drug-likeness (QED) is 0.563. The largest absolute Gasteiger partial charge is 0.315 e. The van der Waals surface area contributed by atoms with Gasteiger partial charge in [-0.25, -0.2) is 0 Å². The highest BCUT2D eigenvalue weighted by Crippen LogP contribution is 2.28. The van der Waals surface area contributed by atoms with Crippen molar-refractivity contribution in [2.75, 3.05) is 26.2 Å². The average molecular weight is 140 g/mol. The fraction of sp³-hybridized carbons (Fsp3) is 1.00. The average Bonchev–Trinajstić information content (AvgIpc) is 1.92. The van der Waals surface area contributed by atoms with Crippen LogP contribution in [0.4, 0.5) is 0 Å². The van der Waals surface area contributed by atoms with E-state index in [1.807, 2.05) is 0 Å². The van der Waals surface area contributed by atoms with E-state index in [0.717, 1.165) is 12.0 Å². The molecule has 2 heteroatoms. The molecule has 0 amide bonds. The molecular weight excluding hydrogens is 124 g/mol. The van der Waals surface area contributed by atoms with Crippen LogP contribution in [0.15, 0.2) is 0 Å². The predicted molar refractivity (Wildman–Crippen MR) is 42.0 cm³/mol. The van der Waals surface area contributed by atoms with Gasteiger partial charge in [0, 0.05) is 19.1 Å². The van der Waals surface area contributed by atoms with Crippen molar-refractivity contribution in [2.24, 2.45) is 5.92 Å². The lowest BCUT2D eigenvalue weighted by Crippen LogP contribution is -2.63. The summed E-state index contributed by atoms with van der Waals surface area (Å²) >= 11 is 0. The molecule has 1 N–H and O–H groups in total. The molecule has 2 aliphatic rings. The fourth-order valence-corrected chi connectivity index (χ4v) is 2.20. The third-order valence-corrected chi connectivity index (χ3v) is 2.93. The zero-order chi connectivity index (χ0) is 6.97. The van der Waals surface area contributed by atoms with Crippen LogP contribution in [0.2, 0.25) is 0 Å². The number of piperidine rings is 1. The second-order valence-electron chi connectivity index (χ2n) is 3.41. The molecular formula is C8H16N2. The van der Waals surface area contributed by atoms with Gasteiger partial charge in [-0.15, -0.1) is 0 Å². The Balaban J connectivity index is 1.89. The highest BCUT2D eigenvalue weighted by Gasteiger charge is 2.38. The number of likely N-dealkylation sites (tertiary alicyclic amines) is 1. The predicted octanol–water partition coefficient (Wildman–Crippen LogP) is 0.300. The second kappa shape index (κ2) is 2.51. The molecule has 2 aliphatic heterocycles. The maximum absolute atomic E-state index is 3.44. The molecule has 0 aromatic carbocycles. The fourth-order valence-electron chi connectivity index (χ4n) is 2.20. The normalized spacial score (nSPS) is 40.5. The molecule has 0 aliphatic carbocycles. The summed E-state index contributed by atoms with van der Waals surface area (Å²) in [6, 6.07) is 0.888. The zero-order valence-corrected chi connectivity index (χ0v) is 6.64. The molecule has 0 unspecified atom stereocenters. The number of nitrogens with zero attached hydrogens (tertiary/aromatic N) is 1. The van der Waals surface area contributed by atoms with Gasteiger partial charge >= 0.3 is 0 Å². The lowest BCUT2D eigenvalue weighted by Gasteiger charge is -2.50. The Morgan fingerprint density at radius 2 is 2.50 bits per heavy atom. The van der Waals surface area contributed by atoms with Crippen LogP contribution in [0.1, 0.15) is 13.3 Å². The first-order chi connectivity index (χ1) is 4.92. The first-order valence-corrected chi connectivity index (χ1v) is 4.36. The number of rotatable bonds is 1. The highest BCUT2D eigenvalue weighted by molar-refractivity contribution is 4.95. The summed E-state index contributed by atoms with van der Waals surface area (Å²) < 4.78 is 0. The van der Waals surface area contributed by atoms with Gasteiger partial charge in [-0.3, -0.25) is 4.90 Å². The van der Waals surface area contributed by atoms with E-state index in [9.17, 15) is 0 Å². The number of nitrogens with one attached hydrogen (secondary N) is 1. The van der Waals surface area contributed by atoms with E-state index in [1.165, 1.54) is 32.6 Å². The van der Waals surface area contributed by atoms with Crippen molar-refractivity contribution in [3.8, 4) is 0 Å². The van der Waals surface area contributed by atoms with Gasteiger partial charge in [-0.05, 0) is 25.4 Å². The Hall–Kier alpha value is -0.0800. The minimum Gasteiger partial charge on any atom is -0.315 e. The van der Waals surface area contributed by atoms with Crippen molar-refractivity contribution in [3.63, 3.8) is 0 Å². The summed E-state index contributed by atoms with van der Waals surface area (Å²) in [4.78, 5) is 2.57. The first-order valence-electron chi connectivity index (χ1n) is 4.36. The molecule has 10 heavy (non-hydrogen) atoms. The third kappa shape index (κ3) is 0.867. The topological polar surface area (TPSA) is 15.3 Å². The Morgan fingerprint density at radius 1 is 1.60 bits per heavy atom. The summed E-state index contributed by atoms with van der Waals surface area (Å²) in [6.07, 6.45) is 1.40. The number of likely N-dealkylation sites (N-methyl/N-ethyl adjacent to an activating group) is 1. The Bertz CT molecular complexity index is 120. The van der Waals surface area contributed by atoms with Crippen LogP contribution < -0.4 is 5.32 Å². The van der Waals surface area contributed by atoms with Crippen molar-refractivity contribution in [2.45, 2.75) is 19.4 Å². The zero-order valence-electron chi connectivity index (χ0n) is 6.64. The minimum atomic E-state index is 0.888. The first kappa shape index (κ1) is 6.62. The van der Waals surface area contributed by atoms with Gasteiger partial charge in [0.05, 0.1) is 0 Å². The molecule has 2 fully saturated rings. The van der Waals surface area contributed by atoms with Crippen molar-refractivity contribution in [3.05, 3.63) is 0 Å². The Labute approximate surface area is 62.6 Å². The van der Waals surface area contributed by atoms with E-state index < -0.39 is 0 Å². The van der Waals surface area contributed by atoms with Gasteiger partial charge in [-0.1, -0.05) is 6.92 Å². The van der Waals surface area contributed by atoms with Crippen LogP contribution in [0.5, 0.6) is 0 Å². The van der Waals surface area contributed by atoms with Crippen LogP contribution in [0.25, 0.3) is 0 Å². The van der Waals surface area contributed by atoms with Crippen molar-refractivity contribution >= 4 is 0 Å². The van der Waals surface area contributed by atoms with Gasteiger partial charge in [0.25, 0.3) is 0 Å². The van der Waals surface area contributed by atoms with Gasteiger partial charge in [-0.2, -0.15) is 0 Å². The van der Waals surface area contributed by atoms with E-state index >= 15 is 0 Å². The molecule has 58 valence electrons. The van der Waals surface area contributed by atoms with E-state index in [-0.39, 0.29) is 0 Å². The van der Waals surface area contributed by atoms with Gasteiger partial charge in [0.15, 0.2) is 0 Å². The van der Waals surface area contributed by atoms with E-state index in [0.29, 0.717) is 0 Å². The lowest BCUT2D eigenvalue weighted by atomic mass is 9.83. The van der Waals surface area contributed by atoms with E-state index in [2.05, 4.69) is 17.1 Å². The minimum absolute atomic E-state index is 0.888. The van der Waals surface area contributed by atoms with Crippen LogP contribution in [-0.2, 0) is 0 Å². The van der Waals surface area contributed by atoms with Crippen molar-refractivity contribution in [1.29, 1.82) is 0 Å². The summed E-state index contributed by atoms with van der Waals surface area (Å²) in [6.45, 7) is 7.34. The maximum atomic E-state index is 3.44. The molecule has 0 saturated carbocycles. The molecule has 2 heterocycles. The Morgan fingerprint density at radius 3 is 3.20 bits per heavy atom. The highest BCUT2D eigenvalue weighted by atomic mass is 15.2. The molecule has 2 nitrogen and oxygen atoms in total. The van der Waals surface area contributed by atoms with Crippen LogP contribution in [-0.4, -0.2) is 37.1 Å². The number of fused-ring (bicyclic) bond motifs is 1. The molecule has 0 radical (unpaired) electrons. The molecule has 0 aromatic rings. The SMILES string of the molecule is CCN1C[C@H]2CCNC[C@H]21. The number of hydrogen-bond acceptors (Lipinski definition) is 2. The second-order valence-corrected chi connectivity index (χ2v) is 3.41. The number of hydrogen-bond donors (Lipinski definition) is 1. The molecule has 2 atom stereocenters.